The SMILES string of the molecule is COC(=O)c1cc(CCCO)ccc1/N=N/c1ccc(O)cc1OCCCC(=O)O. The summed E-state index contributed by atoms with van der Waals surface area (Å²) in [6.45, 7) is 0.177. The van der Waals surface area contributed by atoms with Crippen molar-refractivity contribution in [3.8, 4) is 11.5 Å². The average molecular weight is 416 g/mol. The smallest absolute Gasteiger partial charge is 0.340 e. The lowest BCUT2D eigenvalue weighted by molar-refractivity contribution is -0.137. The second-order valence-corrected chi connectivity index (χ2v) is 6.37. The number of carbonyl (C=O) groups is 2. The Balaban J connectivity index is 2.25. The molecule has 30 heavy (non-hydrogen) atoms. The Morgan fingerprint density at radius 1 is 1.03 bits per heavy atom. The Morgan fingerprint density at radius 3 is 2.47 bits per heavy atom. The highest BCUT2D eigenvalue weighted by atomic mass is 16.5. The highest BCUT2D eigenvalue weighted by Crippen LogP contribution is 2.33. The van der Waals surface area contributed by atoms with E-state index in [1.807, 2.05) is 0 Å². The first-order chi connectivity index (χ1) is 14.4. The minimum Gasteiger partial charge on any atom is -0.508 e. The number of ether oxygens (including phenoxy) is 2. The zero-order valence-corrected chi connectivity index (χ0v) is 16.6. The predicted molar refractivity (Wildman–Crippen MR) is 108 cm³/mol. The molecule has 0 fully saturated rings. The fourth-order valence-corrected chi connectivity index (χ4v) is 2.60. The number of phenolic OH excluding ortho intramolecular Hbond substituents is 1. The maximum absolute atomic E-state index is 12.1. The molecule has 3 N–H and O–H groups in total. The van der Waals surface area contributed by atoms with Gasteiger partial charge in [0, 0.05) is 19.1 Å². The van der Waals surface area contributed by atoms with Crippen LogP contribution in [0.5, 0.6) is 11.5 Å². The highest BCUT2D eigenvalue weighted by Gasteiger charge is 2.13. The number of aryl methyl sites for hydroxylation is 1. The molecule has 0 heterocycles. The molecule has 0 saturated heterocycles. The molecule has 2 aromatic rings. The number of esters is 1. The molecule has 0 unspecified atom stereocenters. The average Bonchev–Trinajstić information content (AvgIpc) is 2.74. The summed E-state index contributed by atoms with van der Waals surface area (Å²) in [5, 5.41) is 35.6. The van der Waals surface area contributed by atoms with Gasteiger partial charge in [-0.2, -0.15) is 0 Å². The third kappa shape index (κ3) is 6.85. The van der Waals surface area contributed by atoms with E-state index < -0.39 is 11.9 Å². The first-order valence-corrected chi connectivity index (χ1v) is 9.36. The molecule has 0 aromatic heterocycles. The number of aliphatic hydroxyl groups excluding tert-OH is 1. The molecule has 9 nitrogen and oxygen atoms in total. The first kappa shape index (κ1) is 22.8. The fourth-order valence-electron chi connectivity index (χ4n) is 2.60. The van der Waals surface area contributed by atoms with Crippen LogP contribution in [-0.4, -0.2) is 47.6 Å². The van der Waals surface area contributed by atoms with Gasteiger partial charge in [0.05, 0.1) is 19.3 Å². The quantitative estimate of drug-likeness (QED) is 0.288. The standard InChI is InChI=1S/C21H24N2O7/c1-29-21(28)16-12-14(4-2-10-24)6-8-17(16)22-23-18-9-7-15(25)13-19(18)30-11-3-5-20(26)27/h6-9,12-13,24-25H,2-5,10-11H2,1H3,(H,26,27)/b23-22+. The Labute approximate surface area is 173 Å². The van der Waals surface area contributed by atoms with E-state index in [0.29, 0.717) is 30.6 Å². The van der Waals surface area contributed by atoms with E-state index in [1.165, 1.54) is 25.3 Å². The summed E-state index contributed by atoms with van der Waals surface area (Å²) in [4.78, 5) is 22.7. The molecule has 160 valence electrons. The molecule has 0 spiro atoms. The summed E-state index contributed by atoms with van der Waals surface area (Å²) in [6.07, 6.45) is 1.42. The zero-order valence-electron chi connectivity index (χ0n) is 16.6. The minimum absolute atomic E-state index is 0.0364. The molecule has 0 saturated carbocycles. The number of carbonyl (C=O) groups excluding carboxylic acids is 1. The number of carboxylic acid groups (broad SMARTS) is 1. The maximum atomic E-state index is 12.1. The van der Waals surface area contributed by atoms with Crippen molar-refractivity contribution in [1.82, 2.24) is 0 Å². The lowest BCUT2D eigenvalue weighted by Gasteiger charge is -2.09. The van der Waals surface area contributed by atoms with E-state index >= 15 is 0 Å². The molecule has 0 aliphatic heterocycles. The number of methoxy groups -OCH3 is 1. The molecule has 0 aliphatic rings. The van der Waals surface area contributed by atoms with Crippen molar-refractivity contribution in [3.63, 3.8) is 0 Å². The van der Waals surface area contributed by atoms with Gasteiger partial charge >= 0.3 is 11.9 Å². The van der Waals surface area contributed by atoms with Crippen LogP contribution in [0.2, 0.25) is 0 Å². The Hall–Kier alpha value is -3.46. The van der Waals surface area contributed by atoms with Gasteiger partial charge in [0.15, 0.2) is 0 Å². The van der Waals surface area contributed by atoms with Gasteiger partial charge in [0.25, 0.3) is 0 Å². The molecule has 9 heteroatoms. The van der Waals surface area contributed by atoms with E-state index in [2.05, 4.69) is 10.2 Å². The number of benzene rings is 2. The van der Waals surface area contributed by atoms with Crippen molar-refractivity contribution in [2.45, 2.75) is 25.7 Å². The molecule has 2 rings (SSSR count). The van der Waals surface area contributed by atoms with Crippen LogP contribution in [-0.2, 0) is 16.0 Å². The van der Waals surface area contributed by atoms with E-state index in [-0.39, 0.29) is 36.7 Å². The molecular weight excluding hydrogens is 392 g/mol. The summed E-state index contributed by atoms with van der Waals surface area (Å²) in [5.41, 5.74) is 1.69. The summed E-state index contributed by atoms with van der Waals surface area (Å²) < 4.78 is 10.3. The second kappa shape index (κ2) is 11.5. The van der Waals surface area contributed by atoms with Crippen LogP contribution in [0.1, 0.15) is 35.2 Å². The Bertz CT molecular complexity index is 912. The highest BCUT2D eigenvalue weighted by molar-refractivity contribution is 5.95. The molecule has 0 bridgehead atoms. The lowest BCUT2D eigenvalue weighted by Crippen LogP contribution is -2.03. The van der Waals surface area contributed by atoms with Gasteiger partial charge in [-0.1, -0.05) is 6.07 Å². The van der Waals surface area contributed by atoms with E-state index in [0.717, 1.165) is 5.56 Å². The lowest BCUT2D eigenvalue weighted by atomic mass is 10.0. The summed E-state index contributed by atoms with van der Waals surface area (Å²) >= 11 is 0. The van der Waals surface area contributed by atoms with E-state index in [1.54, 1.807) is 18.2 Å². The Kier molecular flexibility index (Phi) is 8.76. The van der Waals surface area contributed by atoms with Crippen LogP contribution < -0.4 is 4.74 Å². The van der Waals surface area contributed by atoms with Gasteiger partial charge in [-0.25, -0.2) is 4.79 Å². The fraction of sp³-hybridized carbons (Fsp3) is 0.333. The number of phenols is 1. The van der Waals surface area contributed by atoms with Crippen molar-refractivity contribution in [2.24, 2.45) is 10.2 Å². The second-order valence-electron chi connectivity index (χ2n) is 6.37. The third-order valence-electron chi connectivity index (χ3n) is 4.09. The number of hydrogen-bond donors (Lipinski definition) is 3. The van der Waals surface area contributed by atoms with Crippen molar-refractivity contribution in [2.75, 3.05) is 20.3 Å². The normalized spacial score (nSPS) is 10.9. The van der Waals surface area contributed by atoms with Gasteiger partial charge in [-0.05, 0) is 49.1 Å². The largest absolute Gasteiger partial charge is 0.508 e. The van der Waals surface area contributed by atoms with Crippen LogP contribution in [0.15, 0.2) is 46.6 Å². The van der Waals surface area contributed by atoms with Crippen molar-refractivity contribution >= 4 is 23.3 Å². The number of aliphatic hydroxyl groups is 1. The van der Waals surface area contributed by atoms with E-state index in [9.17, 15) is 14.7 Å². The molecule has 0 radical (unpaired) electrons. The molecule has 2 aromatic carbocycles. The Morgan fingerprint density at radius 2 is 1.77 bits per heavy atom. The number of nitrogens with zero attached hydrogens (tertiary/aromatic N) is 2. The number of rotatable bonds is 11. The van der Waals surface area contributed by atoms with Crippen molar-refractivity contribution < 1.29 is 34.4 Å². The topological polar surface area (TPSA) is 138 Å². The molecule has 0 aliphatic carbocycles. The first-order valence-electron chi connectivity index (χ1n) is 9.36. The van der Waals surface area contributed by atoms with Gasteiger partial charge in [-0.3, -0.25) is 4.79 Å². The predicted octanol–water partition coefficient (Wildman–Crippen LogP) is 3.76. The number of hydrogen-bond acceptors (Lipinski definition) is 8. The molecule has 0 atom stereocenters. The van der Waals surface area contributed by atoms with Crippen LogP contribution >= 0.6 is 0 Å². The molecule has 0 amide bonds. The zero-order chi connectivity index (χ0) is 21.9. The number of aliphatic carboxylic acids is 1. The number of carboxylic acids is 1. The van der Waals surface area contributed by atoms with Gasteiger partial charge < -0.3 is 24.8 Å². The minimum atomic E-state index is -0.924. The summed E-state index contributed by atoms with van der Waals surface area (Å²) in [7, 11) is 1.27. The van der Waals surface area contributed by atoms with Gasteiger partial charge in [0.2, 0.25) is 0 Å². The summed E-state index contributed by atoms with van der Waals surface area (Å²) in [5.74, 6) is -1.29. The van der Waals surface area contributed by atoms with Gasteiger partial charge in [-0.15, -0.1) is 10.2 Å². The number of aromatic hydroxyl groups is 1. The monoisotopic (exact) mass is 416 g/mol. The van der Waals surface area contributed by atoms with Crippen LogP contribution in [0, 0.1) is 0 Å². The van der Waals surface area contributed by atoms with Crippen molar-refractivity contribution in [1.29, 1.82) is 0 Å². The van der Waals surface area contributed by atoms with Gasteiger partial charge in [0.1, 0.15) is 22.9 Å². The van der Waals surface area contributed by atoms with Crippen LogP contribution in [0.4, 0.5) is 11.4 Å². The van der Waals surface area contributed by atoms with Crippen molar-refractivity contribution in [3.05, 3.63) is 47.5 Å². The maximum Gasteiger partial charge on any atom is 0.340 e. The third-order valence-corrected chi connectivity index (χ3v) is 4.09. The summed E-state index contributed by atoms with van der Waals surface area (Å²) in [6, 6.07) is 9.34. The van der Waals surface area contributed by atoms with Crippen LogP contribution in [0.25, 0.3) is 0 Å². The van der Waals surface area contributed by atoms with Crippen LogP contribution in [0.3, 0.4) is 0 Å². The van der Waals surface area contributed by atoms with E-state index in [4.69, 9.17) is 19.7 Å². The number of azo groups is 1. The molecular formula is C21H24N2O7.